The van der Waals surface area contributed by atoms with E-state index in [9.17, 15) is 19.5 Å². The van der Waals surface area contributed by atoms with E-state index in [4.69, 9.17) is 14.2 Å². The molecule has 1 heterocycles. The summed E-state index contributed by atoms with van der Waals surface area (Å²) in [5.74, 6) is -1.08. The van der Waals surface area contributed by atoms with Crippen molar-refractivity contribution >= 4 is 45.5 Å². The number of hydrogen-bond donors (Lipinski definition) is 3. The largest absolute Gasteiger partial charge is 0.495 e. The molecule has 4 rings (SSSR count). The van der Waals surface area contributed by atoms with Crippen LogP contribution in [0.4, 0.5) is 5.69 Å². The zero-order valence-corrected chi connectivity index (χ0v) is 19.9. The Morgan fingerprint density at radius 2 is 1.71 bits per heavy atom. The number of carbonyl (C=O) groups excluding carboxylic acids is 2. The molecule has 1 aliphatic heterocycles. The molecule has 2 amide bonds. The summed E-state index contributed by atoms with van der Waals surface area (Å²) in [7, 11) is 1.39. The highest BCUT2D eigenvalue weighted by molar-refractivity contribution is 9.10. The van der Waals surface area contributed by atoms with E-state index in [2.05, 4.69) is 26.6 Å². The fourth-order valence-electron chi connectivity index (χ4n) is 3.27. The Morgan fingerprint density at radius 1 is 1.00 bits per heavy atom. The van der Waals surface area contributed by atoms with Gasteiger partial charge < -0.3 is 30.0 Å². The number of fused-ring (bicyclic) bond motifs is 1. The molecule has 0 saturated heterocycles. The number of rotatable bonds is 7. The van der Waals surface area contributed by atoms with Gasteiger partial charge in [-0.1, -0.05) is 34.1 Å². The second-order valence-electron chi connectivity index (χ2n) is 7.28. The van der Waals surface area contributed by atoms with Crippen LogP contribution in [-0.4, -0.2) is 36.8 Å². The van der Waals surface area contributed by atoms with Gasteiger partial charge in [0.25, 0.3) is 11.8 Å². The van der Waals surface area contributed by atoms with Crippen LogP contribution in [0.3, 0.4) is 0 Å². The molecule has 9 nitrogen and oxygen atoms in total. The Morgan fingerprint density at radius 3 is 2.40 bits per heavy atom. The number of halogens is 1. The van der Waals surface area contributed by atoms with Gasteiger partial charge in [0, 0.05) is 10.0 Å². The first-order valence-electron chi connectivity index (χ1n) is 10.3. The van der Waals surface area contributed by atoms with Crippen molar-refractivity contribution in [2.24, 2.45) is 0 Å². The molecule has 3 N–H and O–H groups in total. The normalized spacial score (nSPS) is 12.1. The van der Waals surface area contributed by atoms with Crippen LogP contribution in [0.15, 0.2) is 70.8 Å². The van der Waals surface area contributed by atoms with Crippen LogP contribution in [0.2, 0.25) is 0 Å². The highest BCUT2D eigenvalue weighted by atomic mass is 79.9. The number of anilines is 1. The van der Waals surface area contributed by atoms with Crippen LogP contribution in [-0.2, 0) is 4.79 Å². The van der Waals surface area contributed by atoms with Crippen LogP contribution in [0.5, 0.6) is 17.2 Å². The van der Waals surface area contributed by atoms with Gasteiger partial charge in [-0.15, -0.1) is 0 Å². The van der Waals surface area contributed by atoms with Gasteiger partial charge in [0.15, 0.2) is 11.5 Å². The minimum Gasteiger partial charge on any atom is -0.495 e. The van der Waals surface area contributed by atoms with Crippen molar-refractivity contribution in [1.29, 1.82) is 0 Å². The van der Waals surface area contributed by atoms with E-state index in [0.717, 1.165) is 0 Å². The Hall–Kier alpha value is -4.31. The third-order valence-electron chi connectivity index (χ3n) is 5.02. The molecule has 0 spiro atoms. The highest BCUT2D eigenvalue weighted by Crippen LogP contribution is 2.37. The number of amides is 2. The molecule has 0 saturated carbocycles. The van der Waals surface area contributed by atoms with Crippen molar-refractivity contribution in [3.63, 3.8) is 0 Å². The summed E-state index contributed by atoms with van der Waals surface area (Å²) >= 11 is 3.44. The molecule has 0 aliphatic carbocycles. The summed E-state index contributed by atoms with van der Waals surface area (Å²) in [4.78, 5) is 37.6. The van der Waals surface area contributed by atoms with Crippen molar-refractivity contribution in [1.82, 2.24) is 5.32 Å². The molecule has 0 bridgehead atoms. The standard InChI is InChI=1S/C25H19BrN2O7/c1-33-20-8-7-15(25(31)32)9-18(20)27-24(30)19(28-23(29)14-5-3-2-4-6-14)10-16-11-21-22(12-17(16)26)35-13-34-21/h2-12H,13H2,1H3,(H,27,30)(H,28,29)(H,31,32)/b19-10-. The van der Waals surface area contributed by atoms with E-state index < -0.39 is 17.8 Å². The topological polar surface area (TPSA) is 123 Å². The van der Waals surface area contributed by atoms with Crippen LogP contribution >= 0.6 is 15.9 Å². The molecule has 0 fully saturated rings. The van der Waals surface area contributed by atoms with Gasteiger partial charge in [-0.2, -0.15) is 0 Å². The molecule has 0 unspecified atom stereocenters. The van der Waals surface area contributed by atoms with E-state index in [1.54, 1.807) is 42.5 Å². The maximum absolute atomic E-state index is 13.3. The van der Waals surface area contributed by atoms with Crippen LogP contribution in [0.1, 0.15) is 26.3 Å². The monoisotopic (exact) mass is 538 g/mol. The molecular formula is C25H19BrN2O7. The zero-order valence-electron chi connectivity index (χ0n) is 18.3. The maximum Gasteiger partial charge on any atom is 0.335 e. The Kier molecular flexibility index (Phi) is 7.02. The van der Waals surface area contributed by atoms with Crippen LogP contribution in [0.25, 0.3) is 6.08 Å². The minimum absolute atomic E-state index is 0.0431. The molecule has 35 heavy (non-hydrogen) atoms. The Labute approximate surface area is 208 Å². The second-order valence-corrected chi connectivity index (χ2v) is 8.13. The molecule has 0 atom stereocenters. The quantitative estimate of drug-likeness (QED) is 0.383. The van der Waals surface area contributed by atoms with Crippen molar-refractivity contribution in [2.45, 2.75) is 0 Å². The number of hydrogen-bond acceptors (Lipinski definition) is 6. The maximum atomic E-state index is 13.3. The average Bonchev–Trinajstić information content (AvgIpc) is 3.31. The molecule has 10 heteroatoms. The van der Waals surface area contributed by atoms with Gasteiger partial charge in [0.05, 0.1) is 18.4 Å². The van der Waals surface area contributed by atoms with Gasteiger partial charge >= 0.3 is 5.97 Å². The lowest BCUT2D eigenvalue weighted by Gasteiger charge is -2.14. The van der Waals surface area contributed by atoms with Crippen LogP contribution in [0, 0.1) is 0 Å². The van der Waals surface area contributed by atoms with Crippen LogP contribution < -0.4 is 24.8 Å². The summed E-state index contributed by atoms with van der Waals surface area (Å²) in [5, 5.41) is 14.6. The van der Waals surface area contributed by atoms with E-state index in [0.29, 0.717) is 27.1 Å². The fraction of sp³-hybridized carbons (Fsp3) is 0.0800. The Balaban J connectivity index is 1.71. The number of ether oxygens (including phenoxy) is 3. The number of nitrogens with one attached hydrogen (secondary N) is 2. The first-order chi connectivity index (χ1) is 16.9. The number of carboxylic acids is 1. The van der Waals surface area contributed by atoms with Crippen molar-refractivity contribution in [3.8, 4) is 17.2 Å². The lowest BCUT2D eigenvalue weighted by atomic mass is 10.1. The van der Waals surface area contributed by atoms with Crippen molar-refractivity contribution in [2.75, 3.05) is 19.2 Å². The summed E-state index contributed by atoms with van der Waals surface area (Å²) in [6, 6.07) is 15.8. The smallest absolute Gasteiger partial charge is 0.335 e. The van der Waals surface area contributed by atoms with Gasteiger partial charge in [0.1, 0.15) is 11.4 Å². The second kappa shape index (κ2) is 10.3. The number of aromatic carboxylic acids is 1. The number of benzene rings is 3. The van der Waals surface area contributed by atoms with Gasteiger partial charge in [0.2, 0.25) is 6.79 Å². The molecular weight excluding hydrogens is 520 g/mol. The van der Waals surface area contributed by atoms with E-state index in [1.165, 1.54) is 31.4 Å². The SMILES string of the molecule is COc1ccc(C(=O)O)cc1NC(=O)/C(=C/c1cc2c(cc1Br)OCO2)NC(=O)c1ccccc1. The number of carbonyl (C=O) groups is 3. The summed E-state index contributed by atoms with van der Waals surface area (Å²) in [6.07, 6.45) is 1.47. The number of carboxylic acid groups (broad SMARTS) is 1. The predicted molar refractivity (Wildman–Crippen MR) is 131 cm³/mol. The van der Waals surface area contributed by atoms with Gasteiger partial charge in [-0.25, -0.2) is 4.79 Å². The first kappa shape index (κ1) is 23.8. The lowest BCUT2D eigenvalue weighted by molar-refractivity contribution is -0.113. The van der Waals surface area contributed by atoms with Gasteiger partial charge in [-0.3, -0.25) is 9.59 Å². The predicted octanol–water partition coefficient (Wildman–Crippen LogP) is 4.29. The third kappa shape index (κ3) is 5.44. The highest BCUT2D eigenvalue weighted by Gasteiger charge is 2.20. The molecule has 0 radical (unpaired) electrons. The minimum atomic E-state index is -1.17. The first-order valence-corrected chi connectivity index (χ1v) is 11.0. The fourth-order valence-corrected chi connectivity index (χ4v) is 3.71. The summed E-state index contributed by atoms with van der Waals surface area (Å²) < 4.78 is 16.6. The molecule has 1 aliphatic rings. The van der Waals surface area contributed by atoms with E-state index in [-0.39, 0.29) is 29.5 Å². The van der Waals surface area contributed by atoms with Gasteiger partial charge in [-0.05, 0) is 54.1 Å². The zero-order chi connectivity index (χ0) is 24.9. The summed E-state index contributed by atoms with van der Waals surface area (Å²) in [5.41, 5.74) is 0.877. The molecule has 0 aromatic heterocycles. The van der Waals surface area contributed by atoms with E-state index >= 15 is 0 Å². The lowest BCUT2D eigenvalue weighted by Crippen LogP contribution is -2.31. The van der Waals surface area contributed by atoms with Crippen molar-refractivity contribution < 1.29 is 33.7 Å². The summed E-state index contributed by atoms with van der Waals surface area (Å²) in [6.45, 7) is 0.0761. The Bertz CT molecular complexity index is 1340. The molecule has 3 aromatic rings. The molecule has 178 valence electrons. The third-order valence-corrected chi connectivity index (χ3v) is 5.70. The number of methoxy groups -OCH3 is 1. The van der Waals surface area contributed by atoms with E-state index in [1.807, 2.05) is 0 Å². The molecule has 3 aromatic carbocycles. The average molecular weight is 539 g/mol. The van der Waals surface area contributed by atoms with Crippen molar-refractivity contribution in [3.05, 3.63) is 87.5 Å².